The molecule has 0 spiro atoms. The number of hydrogen-bond donors (Lipinski definition) is 2. The highest BCUT2D eigenvalue weighted by atomic mass is 16.9. The van der Waals surface area contributed by atoms with Crippen LogP contribution >= 0.6 is 0 Å². The highest BCUT2D eigenvalue weighted by Gasteiger charge is 1.81. The molecular weight excluding hydrogens is 140 g/mol. The van der Waals surface area contributed by atoms with Gasteiger partial charge in [-0.2, -0.15) is 0 Å². The third-order valence-electron chi connectivity index (χ3n) is 0.365. The summed E-state index contributed by atoms with van der Waals surface area (Å²) in [4.78, 5) is 8.25. The summed E-state index contributed by atoms with van der Waals surface area (Å²) in [5.74, 6) is 0.440. The molecule has 5 N–H and O–H groups in total. The number of quaternary nitrogens is 1. The summed E-state index contributed by atoms with van der Waals surface area (Å²) in [6.07, 6.45) is 0. The number of aliphatic hydroxyl groups excluding tert-OH is 1. The van der Waals surface area contributed by atoms with Crippen LogP contribution in [0.1, 0.15) is 13.8 Å². The molecule has 0 aliphatic carbocycles. The molecule has 10 heavy (non-hydrogen) atoms. The Labute approximate surface area is 59.2 Å². The zero-order valence-electron chi connectivity index (χ0n) is 6.40. The molecule has 64 valence electrons. The Balaban J connectivity index is -0.0000000910. The van der Waals surface area contributed by atoms with E-state index in [9.17, 15) is 0 Å². The van der Waals surface area contributed by atoms with Gasteiger partial charge in [0, 0.05) is 6.61 Å². The summed E-state index contributed by atoms with van der Waals surface area (Å²) in [6.45, 7) is 4.25. The number of rotatable bonds is 1. The van der Waals surface area contributed by atoms with Crippen LogP contribution in [0.2, 0.25) is 0 Å². The van der Waals surface area contributed by atoms with E-state index in [0.717, 1.165) is 0 Å². The summed E-state index contributed by atoms with van der Waals surface area (Å²) < 4.78 is 0. The van der Waals surface area contributed by atoms with E-state index in [0.29, 0.717) is 12.5 Å². The highest BCUT2D eigenvalue weighted by molar-refractivity contribution is 4.32. The lowest BCUT2D eigenvalue weighted by molar-refractivity contribution is -0.402. The molecule has 6 heteroatoms. The lowest BCUT2D eigenvalue weighted by Crippen LogP contribution is -1.90. The fourth-order valence-electron chi connectivity index (χ4n) is 0. The summed E-state index contributed by atoms with van der Waals surface area (Å²) in [5, 5.41) is 22.9. The smallest absolute Gasteiger partial charge is 0.0689 e. The summed E-state index contributed by atoms with van der Waals surface area (Å²) in [5.41, 5.74) is 0. The van der Waals surface area contributed by atoms with Crippen molar-refractivity contribution >= 4 is 0 Å². The van der Waals surface area contributed by atoms with Crippen molar-refractivity contribution in [3.05, 3.63) is 15.3 Å². The van der Waals surface area contributed by atoms with Gasteiger partial charge in [-0.3, -0.25) is 0 Å². The molecule has 0 aliphatic heterocycles. The largest absolute Gasteiger partial charge is 0.396 e. The van der Waals surface area contributed by atoms with Gasteiger partial charge in [0.25, 0.3) is 0 Å². The topological polar surface area (TPSA) is 123 Å². The Hall–Kier alpha value is -0.880. The maximum absolute atomic E-state index is 8.25. The number of nitrogens with zero attached hydrogens (tertiary/aromatic N) is 1. The molecule has 0 unspecified atom stereocenters. The van der Waals surface area contributed by atoms with Crippen LogP contribution in [0.5, 0.6) is 0 Å². The second-order valence-electron chi connectivity index (χ2n) is 1.80. The van der Waals surface area contributed by atoms with Crippen LogP contribution in [0, 0.1) is 21.2 Å². The van der Waals surface area contributed by atoms with Crippen LogP contribution in [-0.4, -0.2) is 16.8 Å². The van der Waals surface area contributed by atoms with Crippen molar-refractivity contribution in [2.75, 3.05) is 6.61 Å². The minimum Gasteiger partial charge on any atom is -0.396 e. The Morgan fingerprint density at radius 1 is 1.50 bits per heavy atom. The molecule has 0 aromatic rings. The molecule has 0 atom stereocenters. The van der Waals surface area contributed by atoms with Crippen molar-refractivity contribution in [3.63, 3.8) is 0 Å². The maximum atomic E-state index is 8.25. The van der Waals surface area contributed by atoms with Crippen molar-refractivity contribution in [2.24, 2.45) is 5.92 Å². The van der Waals surface area contributed by atoms with Gasteiger partial charge >= 0.3 is 0 Å². The first-order chi connectivity index (χ1) is 4.00. The van der Waals surface area contributed by atoms with Crippen molar-refractivity contribution in [2.45, 2.75) is 13.8 Å². The fourth-order valence-corrected chi connectivity index (χ4v) is 0. The lowest BCUT2D eigenvalue weighted by Gasteiger charge is -1.90. The molecule has 6 nitrogen and oxygen atoms in total. The van der Waals surface area contributed by atoms with Crippen molar-refractivity contribution in [1.29, 1.82) is 0 Å². The van der Waals surface area contributed by atoms with Crippen molar-refractivity contribution in [3.8, 4) is 0 Å². The minimum absolute atomic E-state index is 0. The predicted molar refractivity (Wildman–Crippen MR) is 38.3 cm³/mol. The van der Waals surface area contributed by atoms with E-state index in [2.05, 4.69) is 0 Å². The van der Waals surface area contributed by atoms with Gasteiger partial charge in [0.15, 0.2) is 0 Å². The van der Waals surface area contributed by atoms with E-state index in [1.54, 1.807) is 0 Å². The second-order valence-corrected chi connectivity index (χ2v) is 1.80. The average Bonchev–Trinajstić information content (AvgIpc) is 1.65. The first kappa shape index (κ1) is 16.1. The van der Waals surface area contributed by atoms with Gasteiger partial charge in [0.05, 0.1) is 5.09 Å². The highest BCUT2D eigenvalue weighted by Crippen LogP contribution is 1.83. The predicted octanol–water partition coefficient (Wildman–Crippen LogP) is 0.772. The molecule has 0 aromatic carbocycles. The molecule has 0 rings (SSSR count). The van der Waals surface area contributed by atoms with Gasteiger partial charge in [-0.1, -0.05) is 13.8 Å². The Morgan fingerprint density at radius 2 is 1.60 bits per heavy atom. The first-order valence-electron chi connectivity index (χ1n) is 2.43. The van der Waals surface area contributed by atoms with Crippen molar-refractivity contribution < 1.29 is 10.2 Å². The fraction of sp³-hybridized carbons (Fsp3) is 1.00. The lowest BCUT2D eigenvalue weighted by atomic mass is 10.2. The first-order valence-corrected chi connectivity index (χ1v) is 2.43. The molecule has 0 radical (unpaired) electrons. The Morgan fingerprint density at radius 3 is 1.60 bits per heavy atom. The van der Waals surface area contributed by atoms with E-state index in [1.165, 1.54) is 0 Å². The molecule has 0 saturated carbocycles. The van der Waals surface area contributed by atoms with Crippen LogP contribution < -0.4 is 6.15 Å². The summed E-state index contributed by atoms with van der Waals surface area (Å²) >= 11 is 0. The van der Waals surface area contributed by atoms with Gasteiger partial charge in [-0.15, -0.1) is 0 Å². The van der Waals surface area contributed by atoms with Gasteiger partial charge in [0.2, 0.25) is 0 Å². The molecule has 0 amide bonds. The van der Waals surface area contributed by atoms with Crippen LogP contribution in [-0.2, 0) is 0 Å². The van der Waals surface area contributed by atoms with E-state index in [4.69, 9.17) is 20.4 Å². The standard InChI is InChI=1S/C4H10O.NO3.H3N/c1-4(2)3-5;2-1(3)4;/h4-5H,3H2,1-2H3;;1H3/q;-1;/p+1. The van der Waals surface area contributed by atoms with E-state index < -0.39 is 5.09 Å². The number of aliphatic hydroxyl groups is 1. The van der Waals surface area contributed by atoms with Crippen LogP contribution in [0.15, 0.2) is 0 Å². The van der Waals surface area contributed by atoms with E-state index >= 15 is 0 Å². The average molecular weight is 154 g/mol. The van der Waals surface area contributed by atoms with E-state index in [-0.39, 0.29) is 6.15 Å². The molecule has 0 aromatic heterocycles. The zero-order chi connectivity index (χ0) is 7.86. The van der Waals surface area contributed by atoms with Gasteiger partial charge in [-0.25, -0.2) is 0 Å². The second kappa shape index (κ2) is 11.0. The molecule has 0 saturated heterocycles. The molecule has 0 bridgehead atoms. The Bertz CT molecular complexity index is 71.7. The molecule has 0 fully saturated rings. The third kappa shape index (κ3) is 213. The van der Waals surface area contributed by atoms with Gasteiger partial charge in [-0.05, 0) is 5.92 Å². The summed E-state index contributed by atoms with van der Waals surface area (Å²) in [6, 6.07) is 0. The maximum Gasteiger partial charge on any atom is 0.0689 e. The summed E-state index contributed by atoms with van der Waals surface area (Å²) in [7, 11) is 0. The Kier molecular flexibility index (Phi) is 17.6. The molecule has 0 aliphatic rings. The zero-order valence-corrected chi connectivity index (χ0v) is 6.40. The third-order valence-corrected chi connectivity index (χ3v) is 0.365. The molecular formula is C4H14N2O4. The minimum atomic E-state index is -1.75. The monoisotopic (exact) mass is 154 g/mol. The van der Waals surface area contributed by atoms with Crippen LogP contribution in [0.4, 0.5) is 0 Å². The quantitative estimate of drug-likeness (QED) is 0.427. The number of hydrogen-bond acceptors (Lipinski definition) is 4. The van der Waals surface area contributed by atoms with Crippen LogP contribution in [0.3, 0.4) is 0 Å². The SMILES string of the molecule is CC(C)CO.O=[N+]([O-])[O-].[NH4+]. The molecule has 0 heterocycles. The van der Waals surface area contributed by atoms with Crippen molar-refractivity contribution in [1.82, 2.24) is 6.15 Å². The van der Waals surface area contributed by atoms with Crippen LogP contribution in [0.25, 0.3) is 0 Å². The van der Waals surface area contributed by atoms with E-state index in [1.807, 2.05) is 13.8 Å². The van der Waals surface area contributed by atoms with Gasteiger partial charge < -0.3 is 26.6 Å². The normalized spacial score (nSPS) is 7.20. The van der Waals surface area contributed by atoms with Gasteiger partial charge in [0.1, 0.15) is 0 Å².